The van der Waals surface area contributed by atoms with Crippen LogP contribution in [0.3, 0.4) is 0 Å². The minimum absolute atomic E-state index is 0.203. The van der Waals surface area contributed by atoms with Gasteiger partial charge in [0.1, 0.15) is 11.5 Å². The number of benzene rings is 1. The molecule has 3 aromatic rings. The van der Waals surface area contributed by atoms with Gasteiger partial charge >= 0.3 is 0 Å². The molecule has 0 aliphatic carbocycles. The molecule has 4 nitrogen and oxygen atoms in total. The van der Waals surface area contributed by atoms with Crippen molar-refractivity contribution < 1.29 is 8.81 Å². The number of nitrogens with zero attached hydrogens (tertiary/aromatic N) is 3. The maximum atomic E-state index is 13.4. The second-order valence-corrected chi connectivity index (χ2v) is 5.30. The number of halogens is 1. The van der Waals surface area contributed by atoms with E-state index in [0.29, 0.717) is 18.3 Å². The van der Waals surface area contributed by atoms with E-state index in [-0.39, 0.29) is 5.82 Å². The van der Waals surface area contributed by atoms with Gasteiger partial charge in [-0.25, -0.2) is 14.4 Å². The predicted molar refractivity (Wildman–Crippen MR) is 80.9 cm³/mol. The highest BCUT2D eigenvalue weighted by molar-refractivity contribution is 5.54. The summed E-state index contributed by atoms with van der Waals surface area (Å²) in [5.74, 6) is 1.15. The molecular formula is C17H14FN3O. The summed E-state index contributed by atoms with van der Waals surface area (Å²) in [5, 5.41) is 0. The van der Waals surface area contributed by atoms with Crippen LogP contribution in [0, 0.1) is 5.82 Å². The van der Waals surface area contributed by atoms with Crippen molar-refractivity contribution in [2.75, 3.05) is 11.4 Å². The molecule has 0 saturated heterocycles. The van der Waals surface area contributed by atoms with E-state index in [1.807, 2.05) is 24.3 Å². The highest BCUT2D eigenvalue weighted by Crippen LogP contribution is 2.24. The zero-order chi connectivity index (χ0) is 14.9. The Kier molecular flexibility index (Phi) is 3.11. The van der Waals surface area contributed by atoms with Crippen molar-refractivity contribution in [3.8, 4) is 11.5 Å². The normalized spacial score (nSPS) is 14.0. The van der Waals surface area contributed by atoms with E-state index in [2.05, 4.69) is 14.9 Å². The zero-order valence-electron chi connectivity index (χ0n) is 11.9. The molecule has 0 unspecified atom stereocenters. The first-order valence-corrected chi connectivity index (χ1v) is 7.19. The Hall–Kier alpha value is -2.69. The fourth-order valence-corrected chi connectivity index (χ4v) is 2.76. The summed E-state index contributed by atoms with van der Waals surface area (Å²) in [6.07, 6.45) is 4.21. The van der Waals surface area contributed by atoms with Crippen LogP contribution in [-0.2, 0) is 13.0 Å². The summed E-state index contributed by atoms with van der Waals surface area (Å²) in [6.45, 7) is 1.44. The number of aromatic nitrogens is 2. The monoisotopic (exact) mass is 295 g/mol. The third-order valence-electron chi connectivity index (χ3n) is 3.88. The zero-order valence-corrected chi connectivity index (χ0v) is 11.9. The van der Waals surface area contributed by atoms with Gasteiger partial charge in [0.25, 0.3) is 0 Å². The van der Waals surface area contributed by atoms with E-state index in [1.165, 1.54) is 11.6 Å². The highest BCUT2D eigenvalue weighted by atomic mass is 19.1. The number of rotatable bonds is 2. The van der Waals surface area contributed by atoms with Crippen molar-refractivity contribution in [3.05, 3.63) is 65.8 Å². The van der Waals surface area contributed by atoms with Gasteiger partial charge in [0, 0.05) is 19.3 Å². The van der Waals surface area contributed by atoms with Crippen LogP contribution >= 0.6 is 0 Å². The van der Waals surface area contributed by atoms with Crippen LogP contribution in [0.25, 0.3) is 11.5 Å². The molecule has 1 aliphatic heterocycles. The number of hydrogen-bond donors (Lipinski definition) is 0. The molecule has 0 saturated carbocycles. The van der Waals surface area contributed by atoms with E-state index < -0.39 is 0 Å². The van der Waals surface area contributed by atoms with Crippen molar-refractivity contribution in [3.63, 3.8) is 0 Å². The largest absolute Gasteiger partial charge is 0.463 e. The van der Waals surface area contributed by atoms with Gasteiger partial charge in [0.2, 0.25) is 5.95 Å². The Balaban J connectivity index is 1.65. The Bertz CT molecular complexity index is 801. The molecule has 110 valence electrons. The molecule has 0 radical (unpaired) electrons. The summed E-state index contributed by atoms with van der Waals surface area (Å²) in [4.78, 5) is 11.0. The molecular weight excluding hydrogens is 281 g/mol. The first kappa shape index (κ1) is 13.0. The lowest BCUT2D eigenvalue weighted by molar-refractivity contribution is 0.579. The highest BCUT2D eigenvalue weighted by Gasteiger charge is 2.19. The van der Waals surface area contributed by atoms with Gasteiger partial charge in [-0.05, 0) is 47.9 Å². The lowest BCUT2D eigenvalue weighted by Gasteiger charge is -2.28. The van der Waals surface area contributed by atoms with Crippen molar-refractivity contribution in [1.29, 1.82) is 0 Å². The summed E-state index contributed by atoms with van der Waals surface area (Å²) in [6, 6.07) is 10.5. The summed E-state index contributed by atoms with van der Waals surface area (Å²) < 4.78 is 18.8. The van der Waals surface area contributed by atoms with Crippen LogP contribution in [0.4, 0.5) is 10.3 Å². The number of furan rings is 1. The number of fused-ring (bicyclic) bond motifs is 1. The van der Waals surface area contributed by atoms with E-state index in [9.17, 15) is 4.39 Å². The molecule has 4 rings (SSSR count). The second kappa shape index (κ2) is 5.26. The van der Waals surface area contributed by atoms with Crippen molar-refractivity contribution in [1.82, 2.24) is 9.97 Å². The molecule has 5 heteroatoms. The second-order valence-electron chi connectivity index (χ2n) is 5.30. The summed E-state index contributed by atoms with van der Waals surface area (Å²) in [5.41, 5.74) is 2.94. The van der Waals surface area contributed by atoms with Gasteiger partial charge in [-0.1, -0.05) is 6.07 Å². The molecule has 3 heterocycles. The molecule has 0 bridgehead atoms. The Labute approximate surface area is 127 Å². The molecule has 22 heavy (non-hydrogen) atoms. The van der Waals surface area contributed by atoms with Crippen molar-refractivity contribution in [2.45, 2.75) is 13.0 Å². The van der Waals surface area contributed by atoms with Gasteiger partial charge < -0.3 is 9.32 Å². The summed E-state index contributed by atoms with van der Waals surface area (Å²) in [7, 11) is 0. The van der Waals surface area contributed by atoms with E-state index in [1.54, 1.807) is 18.5 Å². The van der Waals surface area contributed by atoms with Gasteiger partial charge in [0.15, 0.2) is 5.76 Å². The molecule has 1 aliphatic rings. The standard InChI is InChI=1S/C17H14FN3O/c18-14-4-3-12-6-8-21(11-13(12)10-14)17-19-7-5-15(20-17)16-2-1-9-22-16/h1-5,7,9-10H,6,8,11H2. The van der Waals surface area contributed by atoms with Gasteiger partial charge in [-0.3, -0.25) is 0 Å². The average molecular weight is 295 g/mol. The van der Waals surface area contributed by atoms with Crippen LogP contribution in [0.15, 0.2) is 53.3 Å². The van der Waals surface area contributed by atoms with Crippen molar-refractivity contribution in [2.24, 2.45) is 0 Å². The summed E-state index contributed by atoms with van der Waals surface area (Å²) >= 11 is 0. The fraction of sp³-hybridized carbons (Fsp3) is 0.176. The molecule has 0 fully saturated rings. The molecule has 2 aromatic heterocycles. The quantitative estimate of drug-likeness (QED) is 0.726. The predicted octanol–water partition coefficient (Wildman–Crippen LogP) is 3.44. The van der Waals surface area contributed by atoms with E-state index >= 15 is 0 Å². The average Bonchev–Trinajstić information content (AvgIpc) is 3.09. The first-order chi connectivity index (χ1) is 10.8. The minimum atomic E-state index is -0.203. The minimum Gasteiger partial charge on any atom is -0.463 e. The lowest BCUT2D eigenvalue weighted by atomic mass is 10.00. The van der Waals surface area contributed by atoms with Crippen LogP contribution in [0.2, 0.25) is 0 Å². The number of anilines is 1. The SMILES string of the molecule is Fc1ccc2c(c1)CN(c1nccc(-c3ccco3)n1)CC2. The Morgan fingerprint density at radius 2 is 2.09 bits per heavy atom. The third-order valence-corrected chi connectivity index (χ3v) is 3.88. The lowest BCUT2D eigenvalue weighted by Crippen LogP contribution is -2.31. The molecule has 0 N–H and O–H groups in total. The molecule has 1 aromatic carbocycles. The van der Waals surface area contributed by atoms with Crippen LogP contribution in [0.5, 0.6) is 0 Å². The van der Waals surface area contributed by atoms with Crippen LogP contribution in [-0.4, -0.2) is 16.5 Å². The maximum Gasteiger partial charge on any atom is 0.226 e. The maximum absolute atomic E-state index is 13.4. The Morgan fingerprint density at radius 1 is 1.14 bits per heavy atom. The van der Waals surface area contributed by atoms with E-state index in [4.69, 9.17) is 4.42 Å². The van der Waals surface area contributed by atoms with E-state index in [0.717, 1.165) is 24.2 Å². The third kappa shape index (κ3) is 2.35. The fourth-order valence-electron chi connectivity index (χ4n) is 2.76. The number of hydrogen-bond acceptors (Lipinski definition) is 4. The van der Waals surface area contributed by atoms with Gasteiger partial charge in [0.05, 0.1) is 6.26 Å². The first-order valence-electron chi connectivity index (χ1n) is 7.19. The molecule has 0 atom stereocenters. The molecule has 0 spiro atoms. The molecule has 0 amide bonds. The van der Waals surface area contributed by atoms with Gasteiger partial charge in [-0.2, -0.15) is 0 Å². The smallest absolute Gasteiger partial charge is 0.226 e. The Morgan fingerprint density at radius 3 is 2.95 bits per heavy atom. The van der Waals surface area contributed by atoms with Crippen LogP contribution < -0.4 is 4.90 Å². The van der Waals surface area contributed by atoms with Crippen molar-refractivity contribution >= 4 is 5.95 Å². The van der Waals surface area contributed by atoms with Gasteiger partial charge in [-0.15, -0.1) is 0 Å². The topological polar surface area (TPSA) is 42.2 Å². The van der Waals surface area contributed by atoms with Crippen LogP contribution in [0.1, 0.15) is 11.1 Å².